The minimum Gasteiger partial charge on any atom is -0.381 e. The molecule has 0 spiro atoms. The van der Waals surface area contributed by atoms with Gasteiger partial charge in [-0.05, 0) is 38.2 Å². The van der Waals surface area contributed by atoms with Crippen molar-refractivity contribution < 1.29 is 19.4 Å². The van der Waals surface area contributed by atoms with Gasteiger partial charge in [0.1, 0.15) is 5.60 Å². The lowest BCUT2D eigenvalue weighted by atomic mass is 9.92. The molecule has 0 aliphatic heterocycles. The molecule has 0 aromatic carbocycles. The Labute approximate surface area is 101 Å². The number of rotatable bonds is 6. The molecule has 0 aromatic heterocycles. The van der Waals surface area contributed by atoms with E-state index in [9.17, 15) is 9.90 Å². The van der Waals surface area contributed by atoms with Crippen LogP contribution in [0.3, 0.4) is 0 Å². The molecule has 0 aromatic rings. The first kappa shape index (κ1) is 13.9. The number of hydrogen-bond acceptors (Lipinski definition) is 4. The molecule has 0 heterocycles. The second-order valence-corrected chi connectivity index (χ2v) is 3.89. The van der Waals surface area contributed by atoms with Crippen molar-refractivity contribution >= 4 is 5.91 Å². The summed E-state index contributed by atoms with van der Waals surface area (Å²) in [5.41, 5.74) is 3.72. The summed E-state index contributed by atoms with van der Waals surface area (Å²) in [6.45, 7) is 4.66. The molecule has 1 aliphatic carbocycles. The molecule has 96 valence electrons. The summed E-state index contributed by atoms with van der Waals surface area (Å²) in [5, 5.41) is 10.0. The standard InChI is InChI=1S/C12H19NO4/c1-3-16-12(17-4-2)7-5-11(15,6-8-12)9-10(13)14/h5-8,15H,3-4,9H2,1-2H3,(H2,13,14). The molecule has 0 bridgehead atoms. The van der Waals surface area contributed by atoms with E-state index in [0.29, 0.717) is 13.2 Å². The van der Waals surface area contributed by atoms with Crippen molar-refractivity contribution in [1.29, 1.82) is 0 Å². The third-order valence-corrected chi connectivity index (χ3v) is 2.41. The van der Waals surface area contributed by atoms with Crippen molar-refractivity contribution in [2.75, 3.05) is 13.2 Å². The first-order valence-corrected chi connectivity index (χ1v) is 5.64. The van der Waals surface area contributed by atoms with Gasteiger partial charge in [0.2, 0.25) is 11.7 Å². The van der Waals surface area contributed by atoms with E-state index in [4.69, 9.17) is 15.2 Å². The Bertz CT molecular complexity index is 313. The zero-order valence-electron chi connectivity index (χ0n) is 10.2. The van der Waals surface area contributed by atoms with Crippen LogP contribution in [0.1, 0.15) is 20.3 Å². The molecule has 0 saturated carbocycles. The van der Waals surface area contributed by atoms with Crippen LogP contribution in [0.4, 0.5) is 0 Å². The first-order valence-electron chi connectivity index (χ1n) is 5.64. The molecule has 0 atom stereocenters. The maximum Gasteiger partial charge on any atom is 0.220 e. The van der Waals surface area contributed by atoms with Crippen LogP contribution < -0.4 is 5.73 Å². The van der Waals surface area contributed by atoms with Crippen molar-refractivity contribution in [3.8, 4) is 0 Å². The summed E-state index contributed by atoms with van der Waals surface area (Å²) in [7, 11) is 0. The molecule has 0 saturated heterocycles. The topological polar surface area (TPSA) is 81.8 Å². The van der Waals surface area contributed by atoms with Gasteiger partial charge in [0.25, 0.3) is 0 Å². The smallest absolute Gasteiger partial charge is 0.220 e. The van der Waals surface area contributed by atoms with Crippen LogP contribution in [0.25, 0.3) is 0 Å². The molecule has 5 nitrogen and oxygen atoms in total. The van der Waals surface area contributed by atoms with Crippen molar-refractivity contribution in [2.45, 2.75) is 31.7 Å². The zero-order chi connectivity index (χ0) is 12.9. The number of ether oxygens (including phenoxy) is 2. The van der Waals surface area contributed by atoms with Crippen LogP contribution in [0.2, 0.25) is 0 Å². The lowest BCUT2D eigenvalue weighted by molar-refractivity contribution is -0.168. The highest BCUT2D eigenvalue weighted by atomic mass is 16.7. The van der Waals surface area contributed by atoms with Gasteiger partial charge < -0.3 is 20.3 Å². The van der Waals surface area contributed by atoms with Crippen molar-refractivity contribution in [1.82, 2.24) is 0 Å². The van der Waals surface area contributed by atoms with Crippen molar-refractivity contribution in [3.63, 3.8) is 0 Å². The molecule has 1 rings (SSSR count). The number of hydrogen-bond donors (Lipinski definition) is 2. The zero-order valence-corrected chi connectivity index (χ0v) is 10.2. The Morgan fingerprint density at radius 2 is 1.65 bits per heavy atom. The predicted octanol–water partition coefficient (Wildman–Crippen LogP) is 0.488. The van der Waals surface area contributed by atoms with E-state index in [-0.39, 0.29) is 6.42 Å². The van der Waals surface area contributed by atoms with Gasteiger partial charge in [-0.1, -0.05) is 0 Å². The van der Waals surface area contributed by atoms with Crippen molar-refractivity contribution in [3.05, 3.63) is 24.3 Å². The van der Waals surface area contributed by atoms with Crippen LogP contribution in [0, 0.1) is 0 Å². The highest BCUT2D eigenvalue weighted by Crippen LogP contribution is 2.28. The number of aliphatic hydroxyl groups is 1. The molecule has 1 aliphatic rings. The van der Waals surface area contributed by atoms with Gasteiger partial charge in [-0.15, -0.1) is 0 Å². The number of amides is 1. The average molecular weight is 241 g/mol. The maximum absolute atomic E-state index is 10.8. The number of carbonyl (C=O) groups excluding carboxylic acids is 1. The van der Waals surface area contributed by atoms with E-state index in [1.807, 2.05) is 13.8 Å². The van der Waals surface area contributed by atoms with E-state index < -0.39 is 17.3 Å². The van der Waals surface area contributed by atoms with Gasteiger partial charge in [0.05, 0.1) is 6.42 Å². The molecular formula is C12H19NO4. The molecule has 3 N–H and O–H groups in total. The first-order chi connectivity index (χ1) is 7.95. The van der Waals surface area contributed by atoms with Gasteiger partial charge in [-0.3, -0.25) is 4.79 Å². The minimum atomic E-state index is -1.34. The Morgan fingerprint density at radius 3 is 2.00 bits per heavy atom. The third kappa shape index (κ3) is 3.66. The molecule has 17 heavy (non-hydrogen) atoms. The second-order valence-electron chi connectivity index (χ2n) is 3.89. The van der Waals surface area contributed by atoms with Crippen LogP contribution in [0.15, 0.2) is 24.3 Å². The summed E-state index contributed by atoms with van der Waals surface area (Å²) < 4.78 is 11.0. The lowest BCUT2D eigenvalue weighted by Crippen LogP contribution is -2.39. The lowest BCUT2D eigenvalue weighted by Gasteiger charge is -2.33. The Balaban J connectivity index is 2.82. The monoisotopic (exact) mass is 241 g/mol. The van der Waals surface area contributed by atoms with Crippen LogP contribution in [-0.4, -0.2) is 35.6 Å². The number of primary amides is 1. The minimum absolute atomic E-state index is 0.158. The fourth-order valence-electron chi connectivity index (χ4n) is 1.71. The van der Waals surface area contributed by atoms with E-state index >= 15 is 0 Å². The molecule has 0 radical (unpaired) electrons. The molecule has 1 amide bonds. The van der Waals surface area contributed by atoms with Gasteiger partial charge in [-0.25, -0.2) is 0 Å². The average Bonchev–Trinajstić information content (AvgIpc) is 2.23. The fourth-order valence-corrected chi connectivity index (χ4v) is 1.71. The summed E-state index contributed by atoms with van der Waals surface area (Å²) in [4.78, 5) is 10.8. The van der Waals surface area contributed by atoms with E-state index in [1.165, 1.54) is 12.2 Å². The van der Waals surface area contributed by atoms with E-state index in [2.05, 4.69) is 0 Å². The summed E-state index contributed by atoms with van der Waals surface area (Å²) in [5.74, 6) is -1.52. The summed E-state index contributed by atoms with van der Waals surface area (Å²) in [6, 6.07) is 0. The molecule has 5 heteroatoms. The Hall–Kier alpha value is -1.17. The SMILES string of the molecule is CCOC1(OCC)C=CC(O)(CC(N)=O)C=C1. The van der Waals surface area contributed by atoms with Gasteiger partial charge in [-0.2, -0.15) is 0 Å². The molecular weight excluding hydrogens is 222 g/mol. The van der Waals surface area contributed by atoms with E-state index in [1.54, 1.807) is 12.2 Å². The number of carbonyl (C=O) groups is 1. The van der Waals surface area contributed by atoms with Crippen LogP contribution >= 0.6 is 0 Å². The fraction of sp³-hybridized carbons (Fsp3) is 0.583. The highest BCUT2D eigenvalue weighted by molar-refractivity contribution is 5.76. The Morgan fingerprint density at radius 1 is 1.18 bits per heavy atom. The summed E-state index contributed by atoms with van der Waals surface area (Å²) >= 11 is 0. The van der Waals surface area contributed by atoms with Gasteiger partial charge >= 0.3 is 0 Å². The second kappa shape index (κ2) is 5.44. The normalized spacial score (nSPS) is 20.4. The quantitative estimate of drug-likeness (QED) is 0.523. The Kier molecular flexibility index (Phi) is 4.45. The van der Waals surface area contributed by atoms with Crippen molar-refractivity contribution in [2.24, 2.45) is 5.73 Å². The van der Waals surface area contributed by atoms with Crippen LogP contribution in [0.5, 0.6) is 0 Å². The van der Waals surface area contributed by atoms with Gasteiger partial charge in [0.15, 0.2) is 0 Å². The predicted molar refractivity (Wildman–Crippen MR) is 63.0 cm³/mol. The maximum atomic E-state index is 10.8. The van der Waals surface area contributed by atoms with E-state index in [0.717, 1.165) is 0 Å². The highest BCUT2D eigenvalue weighted by Gasteiger charge is 2.34. The van der Waals surface area contributed by atoms with Gasteiger partial charge in [0, 0.05) is 13.2 Å². The number of nitrogens with two attached hydrogens (primary N) is 1. The molecule has 0 fully saturated rings. The molecule has 0 unspecified atom stereocenters. The summed E-state index contributed by atoms with van der Waals surface area (Å²) in [6.07, 6.45) is 5.99. The van der Waals surface area contributed by atoms with Crippen LogP contribution in [-0.2, 0) is 14.3 Å². The largest absolute Gasteiger partial charge is 0.381 e. The third-order valence-electron chi connectivity index (χ3n) is 2.41.